The van der Waals surface area contributed by atoms with E-state index in [0.29, 0.717) is 22.3 Å². The fraction of sp³-hybridized carbons (Fsp3) is 0.308. The van der Waals surface area contributed by atoms with Crippen LogP contribution in [0.2, 0.25) is 10.0 Å². The van der Waals surface area contributed by atoms with Crippen molar-refractivity contribution in [3.05, 3.63) is 45.2 Å². The Morgan fingerprint density at radius 3 is 2.75 bits per heavy atom. The summed E-state index contributed by atoms with van der Waals surface area (Å²) in [6, 6.07) is 5.21. The first kappa shape index (κ1) is 13.4. The van der Waals surface area contributed by atoms with Gasteiger partial charge in [-0.25, -0.2) is 9.48 Å². The molecule has 7 heteroatoms. The Morgan fingerprint density at radius 2 is 2.15 bits per heavy atom. The van der Waals surface area contributed by atoms with E-state index in [1.54, 1.807) is 16.8 Å². The number of rotatable bonds is 4. The average molecular weight is 312 g/mol. The smallest absolute Gasteiger partial charge is 0.358 e. The summed E-state index contributed by atoms with van der Waals surface area (Å²) in [5.74, 6) is -0.803. The predicted molar refractivity (Wildman–Crippen MR) is 74.5 cm³/mol. The number of aromatic nitrogens is 3. The number of carboxylic acids is 1. The number of carboxylic acid groups (broad SMARTS) is 1. The third kappa shape index (κ3) is 2.51. The Balaban J connectivity index is 1.96. The summed E-state index contributed by atoms with van der Waals surface area (Å²) in [4.78, 5) is 11.2. The molecule has 0 amide bonds. The van der Waals surface area contributed by atoms with E-state index in [0.717, 1.165) is 18.4 Å². The van der Waals surface area contributed by atoms with E-state index < -0.39 is 5.97 Å². The zero-order valence-corrected chi connectivity index (χ0v) is 11.9. The van der Waals surface area contributed by atoms with Crippen molar-refractivity contribution >= 4 is 29.2 Å². The lowest BCUT2D eigenvalue weighted by Crippen LogP contribution is -2.08. The van der Waals surface area contributed by atoms with Gasteiger partial charge in [-0.2, -0.15) is 0 Å². The van der Waals surface area contributed by atoms with E-state index in [-0.39, 0.29) is 11.6 Å². The molecule has 20 heavy (non-hydrogen) atoms. The van der Waals surface area contributed by atoms with Gasteiger partial charge in [-0.05, 0) is 30.5 Å². The molecule has 3 rings (SSSR count). The zero-order chi connectivity index (χ0) is 14.3. The molecule has 0 aliphatic heterocycles. The lowest BCUT2D eigenvalue weighted by Gasteiger charge is -2.08. The van der Waals surface area contributed by atoms with Crippen LogP contribution in [0.25, 0.3) is 0 Å². The van der Waals surface area contributed by atoms with Gasteiger partial charge in [-0.3, -0.25) is 0 Å². The van der Waals surface area contributed by atoms with Gasteiger partial charge in [0.1, 0.15) is 0 Å². The van der Waals surface area contributed by atoms with E-state index in [4.69, 9.17) is 28.3 Å². The van der Waals surface area contributed by atoms with Crippen LogP contribution in [0.3, 0.4) is 0 Å². The van der Waals surface area contributed by atoms with Gasteiger partial charge in [-0.1, -0.05) is 34.5 Å². The fourth-order valence-electron chi connectivity index (χ4n) is 2.16. The Morgan fingerprint density at radius 1 is 1.40 bits per heavy atom. The molecule has 1 aromatic heterocycles. The molecule has 5 nitrogen and oxygen atoms in total. The second-order valence-corrected chi connectivity index (χ2v) is 5.64. The highest BCUT2D eigenvalue weighted by molar-refractivity contribution is 6.35. The molecular formula is C13H11Cl2N3O2. The predicted octanol–water partition coefficient (Wildman–Crippen LogP) is 3.21. The molecule has 1 heterocycles. The van der Waals surface area contributed by atoms with E-state index in [1.807, 2.05) is 6.07 Å². The number of nitrogens with zero attached hydrogens (tertiary/aromatic N) is 3. The number of carbonyl (C=O) groups is 1. The van der Waals surface area contributed by atoms with Crippen molar-refractivity contribution in [3.63, 3.8) is 0 Å². The number of aromatic carboxylic acids is 1. The molecular weight excluding hydrogens is 301 g/mol. The van der Waals surface area contributed by atoms with Gasteiger partial charge in [0, 0.05) is 16.0 Å². The standard InChI is InChI=1S/C13H11Cl2N3O2/c14-9-4-3-8(10(15)5-9)6-18-12(7-1-2-7)11(13(19)20)16-17-18/h3-5,7H,1-2,6H2,(H,19,20). The van der Waals surface area contributed by atoms with Crippen LogP contribution in [0.15, 0.2) is 18.2 Å². The third-order valence-corrected chi connectivity index (χ3v) is 3.86. The molecule has 0 spiro atoms. The van der Waals surface area contributed by atoms with Crippen LogP contribution < -0.4 is 0 Å². The second kappa shape index (κ2) is 5.07. The van der Waals surface area contributed by atoms with Gasteiger partial charge in [0.25, 0.3) is 0 Å². The van der Waals surface area contributed by atoms with Crippen LogP contribution in [0.1, 0.15) is 40.5 Å². The topological polar surface area (TPSA) is 68.0 Å². The Labute approximate surface area is 125 Å². The molecule has 0 atom stereocenters. The van der Waals surface area contributed by atoms with E-state index in [9.17, 15) is 4.79 Å². The molecule has 2 aromatic rings. The van der Waals surface area contributed by atoms with Crippen molar-refractivity contribution in [1.82, 2.24) is 15.0 Å². The van der Waals surface area contributed by atoms with Crippen molar-refractivity contribution in [2.45, 2.75) is 25.3 Å². The summed E-state index contributed by atoms with van der Waals surface area (Å²) in [5.41, 5.74) is 1.56. The number of benzene rings is 1. The van der Waals surface area contributed by atoms with Crippen molar-refractivity contribution in [2.75, 3.05) is 0 Å². The Hall–Kier alpha value is -1.59. The first-order valence-electron chi connectivity index (χ1n) is 6.17. The van der Waals surface area contributed by atoms with Gasteiger partial charge >= 0.3 is 5.97 Å². The maximum absolute atomic E-state index is 11.2. The Bertz CT molecular complexity index is 680. The maximum Gasteiger partial charge on any atom is 0.358 e. The van der Waals surface area contributed by atoms with Gasteiger partial charge in [0.2, 0.25) is 0 Å². The minimum Gasteiger partial charge on any atom is -0.476 e. The molecule has 104 valence electrons. The number of hydrogen-bond donors (Lipinski definition) is 1. The summed E-state index contributed by atoms with van der Waals surface area (Å²) in [6.07, 6.45) is 1.95. The van der Waals surface area contributed by atoms with Crippen LogP contribution in [0.4, 0.5) is 0 Å². The summed E-state index contributed by atoms with van der Waals surface area (Å²) in [6.45, 7) is 0.391. The van der Waals surface area contributed by atoms with E-state index in [2.05, 4.69) is 10.3 Å². The molecule has 0 bridgehead atoms. The van der Waals surface area contributed by atoms with Gasteiger partial charge in [0.05, 0.1) is 12.2 Å². The first-order chi connectivity index (χ1) is 9.56. The normalized spacial score (nSPS) is 14.5. The van der Waals surface area contributed by atoms with Crippen molar-refractivity contribution < 1.29 is 9.90 Å². The highest BCUT2D eigenvalue weighted by Crippen LogP contribution is 2.41. The summed E-state index contributed by atoms with van der Waals surface area (Å²) >= 11 is 12.0. The molecule has 0 unspecified atom stereocenters. The highest BCUT2D eigenvalue weighted by atomic mass is 35.5. The van der Waals surface area contributed by atoms with Crippen LogP contribution in [0.5, 0.6) is 0 Å². The molecule has 1 aliphatic rings. The van der Waals surface area contributed by atoms with Crippen LogP contribution in [0, 0.1) is 0 Å². The first-order valence-corrected chi connectivity index (χ1v) is 6.92. The molecule has 1 N–H and O–H groups in total. The summed E-state index contributed by atoms with van der Waals surface area (Å²) in [5, 5.41) is 18.0. The third-order valence-electron chi connectivity index (χ3n) is 3.28. The minimum atomic E-state index is -1.04. The molecule has 1 fully saturated rings. The molecule has 1 aliphatic carbocycles. The minimum absolute atomic E-state index is 0.0394. The average Bonchev–Trinajstić information content (AvgIpc) is 3.13. The highest BCUT2D eigenvalue weighted by Gasteiger charge is 2.33. The van der Waals surface area contributed by atoms with Crippen LogP contribution in [-0.2, 0) is 6.54 Å². The van der Waals surface area contributed by atoms with Gasteiger partial charge in [-0.15, -0.1) is 5.10 Å². The fourth-order valence-corrected chi connectivity index (χ4v) is 2.63. The summed E-state index contributed by atoms with van der Waals surface area (Å²) < 4.78 is 1.62. The maximum atomic E-state index is 11.2. The van der Waals surface area contributed by atoms with Crippen molar-refractivity contribution in [3.8, 4) is 0 Å². The Kier molecular flexibility index (Phi) is 3.40. The van der Waals surface area contributed by atoms with Crippen molar-refractivity contribution in [2.24, 2.45) is 0 Å². The number of hydrogen-bond acceptors (Lipinski definition) is 3. The quantitative estimate of drug-likeness (QED) is 0.941. The van der Waals surface area contributed by atoms with Gasteiger partial charge in [0.15, 0.2) is 5.69 Å². The van der Waals surface area contributed by atoms with Crippen molar-refractivity contribution in [1.29, 1.82) is 0 Å². The lowest BCUT2D eigenvalue weighted by molar-refractivity contribution is 0.0689. The van der Waals surface area contributed by atoms with Crippen LogP contribution >= 0.6 is 23.2 Å². The second-order valence-electron chi connectivity index (χ2n) is 4.80. The molecule has 1 saturated carbocycles. The van der Waals surface area contributed by atoms with E-state index >= 15 is 0 Å². The zero-order valence-electron chi connectivity index (χ0n) is 10.4. The lowest BCUT2D eigenvalue weighted by atomic mass is 10.2. The van der Waals surface area contributed by atoms with Crippen LogP contribution in [-0.4, -0.2) is 26.1 Å². The van der Waals surface area contributed by atoms with E-state index in [1.165, 1.54) is 0 Å². The van der Waals surface area contributed by atoms with Gasteiger partial charge < -0.3 is 5.11 Å². The molecule has 0 saturated heterocycles. The monoisotopic (exact) mass is 311 g/mol. The number of halogens is 2. The molecule has 0 radical (unpaired) electrons. The SMILES string of the molecule is O=C(O)c1nnn(Cc2ccc(Cl)cc2Cl)c1C1CC1. The molecule has 1 aromatic carbocycles. The summed E-state index contributed by atoms with van der Waals surface area (Å²) in [7, 11) is 0. The largest absolute Gasteiger partial charge is 0.476 e.